The zero-order valence-electron chi connectivity index (χ0n) is 10.7. The van der Waals surface area contributed by atoms with E-state index in [1.807, 2.05) is 18.2 Å². The van der Waals surface area contributed by atoms with E-state index in [1.54, 1.807) is 7.11 Å². The van der Waals surface area contributed by atoms with E-state index in [-0.39, 0.29) is 25.3 Å². The van der Waals surface area contributed by atoms with E-state index in [9.17, 15) is 10.2 Å². The summed E-state index contributed by atoms with van der Waals surface area (Å²) < 4.78 is 5.39. The number of para-hydroxylation sites is 1. The molecule has 0 radical (unpaired) electrons. The van der Waals surface area contributed by atoms with E-state index >= 15 is 0 Å². The van der Waals surface area contributed by atoms with Gasteiger partial charge in [-0.15, -0.1) is 0 Å². The van der Waals surface area contributed by atoms with Crippen LogP contribution in [0.25, 0.3) is 0 Å². The molecule has 4 heteroatoms. The van der Waals surface area contributed by atoms with Crippen LogP contribution in [-0.2, 0) is 0 Å². The second kappa shape index (κ2) is 6.18. The van der Waals surface area contributed by atoms with Crippen LogP contribution in [-0.4, -0.2) is 42.6 Å². The van der Waals surface area contributed by atoms with E-state index in [4.69, 9.17) is 4.74 Å². The fourth-order valence-electron chi connectivity index (χ4n) is 2.76. The molecule has 0 aromatic heterocycles. The largest absolute Gasteiger partial charge is 0.496 e. The smallest absolute Gasteiger partial charge is 0.122 e. The van der Waals surface area contributed by atoms with Crippen LogP contribution in [0.5, 0.6) is 5.75 Å². The molecule has 3 N–H and O–H groups in total. The van der Waals surface area contributed by atoms with Gasteiger partial charge >= 0.3 is 0 Å². The van der Waals surface area contributed by atoms with Crippen LogP contribution in [0.1, 0.15) is 24.3 Å². The van der Waals surface area contributed by atoms with Crippen molar-refractivity contribution in [2.75, 3.05) is 20.3 Å². The van der Waals surface area contributed by atoms with Gasteiger partial charge in [-0.3, -0.25) is 0 Å². The molecule has 4 nitrogen and oxygen atoms in total. The molecule has 1 aliphatic rings. The maximum absolute atomic E-state index is 9.32. The van der Waals surface area contributed by atoms with Gasteiger partial charge in [-0.05, 0) is 30.4 Å². The molecular weight excluding hydrogens is 230 g/mol. The van der Waals surface area contributed by atoms with Crippen molar-refractivity contribution in [3.63, 3.8) is 0 Å². The number of hydrogen-bond acceptors (Lipinski definition) is 4. The van der Waals surface area contributed by atoms with Crippen molar-refractivity contribution >= 4 is 0 Å². The highest BCUT2D eigenvalue weighted by Crippen LogP contribution is 2.35. The van der Waals surface area contributed by atoms with Gasteiger partial charge < -0.3 is 20.3 Å². The van der Waals surface area contributed by atoms with Gasteiger partial charge in [0.1, 0.15) is 5.75 Å². The van der Waals surface area contributed by atoms with Gasteiger partial charge in [-0.25, -0.2) is 0 Å². The summed E-state index contributed by atoms with van der Waals surface area (Å²) in [5.41, 5.74) is 1.17. The van der Waals surface area contributed by atoms with Crippen LogP contribution in [0.3, 0.4) is 0 Å². The zero-order chi connectivity index (χ0) is 13.0. The predicted molar refractivity (Wildman–Crippen MR) is 69.9 cm³/mol. The number of piperidine rings is 1. The average Bonchev–Trinajstić information content (AvgIpc) is 2.46. The molecule has 1 aliphatic heterocycles. The van der Waals surface area contributed by atoms with Crippen molar-refractivity contribution in [2.24, 2.45) is 0 Å². The first-order valence-corrected chi connectivity index (χ1v) is 6.39. The standard InChI is InChI=1S/C14H21NO3/c1-18-14-5-3-2-4-13(14)10-6-11(8-16)15-12(7-10)9-17/h2-5,10-12,15-17H,6-9H2,1H3. The molecule has 2 rings (SSSR count). The van der Waals surface area contributed by atoms with E-state index < -0.39 is 0 Å². The van der Waals surface area contributed by atoms with Crippen molar-refractivity contribution in [1.29, 1.82) is 0 Å². The number of methoxy groups -OCH3 is 1. The fraction of sp³-hybridized carbons (Fsp3) is 0.571. The van der Waals surface area contributed by atoms with Crippen LogP contribution < -0.4 is 10.1 Å². The lowest BCUT2D eigenvalue weighted by atomic mass is 9.83. The van der Waals surface area contributed by atoms with Gasteiger partial charge in [-0.2, -0.15) is 0 Å². The van der Waals surface area contributed by atoms with Crippen molar-refractivity contribution < 1.29 is 14.9 Å². The van der Waals surface area contributed by atoms with Crippen LogP contribution in [0, 0.1) is 0 Å². The highest BCUT2D eigenvalue weighted by Gasteiger charge is 2.29. The molecule has 2 atom stereocenters. The van der Waals surface area contributed by atoms with Gasteiger partial charge in [0.15, 0.2) is 0 Å². The third kappa shape index (κ3) is 2.83. The van der Waals surface area contributed by atoms with Gasteiger partial charge in [0.05, 0.1) is 20.3 Å². The summed E-state index contributed by atoms with van der Waals surface area (Å²) in [5, 5.41) is 21.9. The fourth-order valence-corrected chi connectivity index (χ4v) is 2.76. The van der Waals surface area contributed by atoms with Crippen LogP contribution in [0.2, 0.25) is 0 Å². The molecule has 18 heavy (non-hydrogen) atoms. The molecule has 1 fully saturated rings. The van der Waals surface area contributed by atoms with E-state index in [0.29, 0.717) is 5.92 Å². The van der Waals surface area contributed by atoms with E-state index in [1.165, 1.54) is 5.56 Å². The second-order valence-electron chi connectivity index (χ2n) is 4.84. The molecule has 2 unspecified atom stereocenters. The van der Waals surface area contributed by atoms with E-state index in [0.717, 1.165) is 18.6 Å². The van der Waals surface area contributed by atoms with Crippen LogP contribution in [0.15, 0.2) is 24.3 Å². The topological polar surface area (TPSA) is 61.7 Å². The summed E-state index contributed by atoms with van der Waals surface area (Å²) in [4.78, 5) is 0. The monoisotopic (exact) mass is 251 g/mol. The van der Waals surface area contributed by atoms with Gasteiger partial charge in [0.25, 0.3) is 0 Å². The number of ether oxygens (including phenoxy) is 1. The summed E-state index contributed by atoms with van der Waals surface area (Å²) in [6.45, 7) is 0.199. The van der Waals surface area contributed by atoms with Crippen LogP contribution >= 0.6 is 0 Å². The van der Waals surface area contributed by atoms with Crippen molar-refractivity contribution in [2.45, 2.75) is 30.8 Å². The van der Waals surface area contributed by atoms with Crippen molar-refractivity contribution in [3.05, 3.63) is 29.8 Å². The maximum atomic E-state index is 9.32. The normalized spacial score (nSPS) is 28.1. The molecule has 1 aromatic carbocycles. The molecule has 0 saturated carbocycles. The molecule has 0 bridgehead atoms. The summed E-state index contributed by atoms with van der Waals surface area (Å²) in [7, 11) is 1.67. The third-order valence-electron chi connectivity index (χ3n) is 3.63. The summed E-state index contributed by atoms with van der Waals surface area (Å²) >= 11 is 0. The molecule has 1 aromatic rings. The highest BCUT2D eigenvalue weighted by atomic mass is 16.5. The zero-order valence-corrected chi connectivity index (χ0v) is 10.7. The first-order chi connectivity index (χ1) is 8.78. The van der Waals surface area contributed by atoms with Gasteiger partial charge in [0, 0.05) is 12.1 Å². The Morgan fingerprint density at radius 2 is 1.78 bits per heavy atom. The van der Waals surface area contributed by atoms with E-state index in [2.05, 4.69) is 11.4 Å². The number of benzene rings is 1. The Morgan fingerprint density at radius 1 is 1.17 bits per heavy atom. The maximum Gasteiger partial charge on any atom is 0.122 e. The minimum Gasteiger partial charge on any atom is -0.496 e. The van der Waals surface area contributed by atoms with Crippen molar-refractivity contribution in [1.82, 2.24) is 5.32 Å². The van der Waals surface area contributed by atoms with Gasteiger partial charge in [0.2, 0.25) is 0 Å². The Balaban J connectivity index is 2.20. The Bertz CT molecular complexity index is 371. The minimum atomic E-state index is 0.0470. The molecule has 0 amide bonds. The lowest BCUT2D eigenvalue weighted by Gasteiger charge is -2.35. The van der Waals surface area contributed by atoms with Gasteiger partial charge in [-0.1, -0.05) is 18.2 Å². The Kier molecular flexibility index (Phi) is 4.58. The molecule has 1 heterocycles. The third-order valence-corrected chi connectivity index (χ3v) is 3.63. The Labute approximate surface area is 108 Å². The number of hydrogen-bond donors (Lipinski definition) is 3. The predicted octanol–water partition coefficient (Wildman–Crippen LogP) is 0.884. The Morgan fingerprint density at radius 3 is 2.33 bits per heavy atom. The molecule has 1 saturated heterocycles. The Hall–Kier alpha value is -1.10. The molecule has 0 spiro atoms. The average molecular weight is 251 g/mol. The highest BCUT2D eigenvalue weighted by molar-refractivity contribution is 5.36. The lowest BCUT2D eigenvalue weighted by Crippen LogP contribution is -2.48. The minimum absolute atomic E-state index is 0.0470. The SMILES string of the molecule is COc1ccccc1C1CC(CO)NC(CO)C1. The number of aliphatic hydroxyl groups excluding tert-OH is 2. The molecule has 100 valence electrons. The number of nitrogens with one attached hydrogen (secondary N) is 1. The first kappa shape index (κ1) is 13.3. The van der Waals surface area contributed by atoms with Crippen LogP contribution in [0.4, 0.5) is 0 Å². The number of aliphatic hydroxyl groups is 2. The second-order valence-corrected chi connectivity index (χ2v) is 4.84. The molecular formula is C14H21NO3. The summed E-state index contributed by atoms with van der Waals surface area (Å²) in [6.07, 6.45) is 1.74. The summed E-state index contributed by atoms with van der Waals surface area (Å²) in [5.74, 6) is 1.20. The first-order valence-electron chi connectivity index (χ1n) is 6.39. The lowest BCUT2D eigenvalue weighted by molar-refractivity contribution is 0.146. The molecule has 0 aliphatic carbocycles. The quantitative estimate of drug-likeness (QED) is 0.743. The van der Waals surface area contributed by atoms with Crippen molar-refractivity contribution in [3.8, 4) is 5.75 Å². The summed E-state index contributed by atoms with van der Waals surface area (Å²) in [6, 6.07) is 8.08. The number of rotatable bonds is 4.